The van der Waals surface area contributed by atoms with Gasteiger partial charge in [0.05, 0.1) is 12.7 Å². The number of halogens is 1. The van der Waals surface area contributed by atoms with Gasteiger partial charge in [-0.05, 0) is 25.2 Å². The van der Waals surface area contributed by atoms with Crippen LogP contribution < -0.4 is 0 Å². The Labute approximate surface area is 99.3 Å². The van der Waals surface area contributed by atoms with Gasteiger partial charge in [-0.2, -0.15) is 0 Å². The molecule has 1 unspecified atom stereocenters. The molecule has 0 amide bonds. The maximum absolute atomic E-state index is 5.69. The summed E-state index contributed by atoms with van der Waals surface area (Å²) >= 11 is 5.59. The van der Waals surface area contributed by atoms with Crippen molar-refractivity contribution in [3.8, 4) is 0 Å². The van der Waals surface area contributed by atoms with Crippen LogP contribution in [0.4, 0.5) is 0 Å². The molecule has 0 spiro atoms. The van der Waals surface area contributed by atoms with Gasteiger partial charge in [0, 0.05) is 19.1 Å². The lowest BCUT2D eigenvalue weighted by Gasteiger charge is -2.17. The molecule has 3 heteroatoms. The first-order valence-corrected chi connectivity index (χ1v) is 6.49. The van der Waals surface area contributed by atoms with Gasteiger partial charge < -0.3 is 9.47 Å². The van der Waals surface area contributed by atoms with E-state index in [2.05, 4.69) is 20.8 Å². The van der Waals surface area contributed by atoms with Crippen LogP contribution >= 0.6 is 11.6 Å². The zero-order valence-electron chi connectivity index (χ0n) is 10.3. The van der Waals surface area contributed by atoms with Crippen molar-refractivity contribution in [1.82, 2.24) is 0 Å². The van der Waals surface area contributed by atoms with Gasteiger partial charge in [-0.15, -0.1) is 11.6 Å². The Morgan fingerprint density at radius 3 is 2.40 bits per heavy atom. The van der Waals surface area contributed by atoms with E-state index in [4.69, 9.17) is 21.1 Å². The van der Waals surface area contributed by atoms with Crippen molar-refractivity contribution in [2.24, 2.45) is 5.92 Å². The van der Waals surface area contributed by atoms with Crippen molar-refractivity contribution in [1.29, 1.82) is 0 Å². The number of rotatable bonds is 10. The van der Waals surface area contributed by atoms with Crippen LogP contribution in [0.5, 0.6) is 0 Å². The first-order chi connectivity index (χ1) is 7.20. The molecular weight excluding hydrogens is 212 g/mol. The first kappa shape index (κ1) is 15.2. The average molecular weight is 237 g/mol. The van der Waals surface area contributed by atoms with Crippen molar-refractivity contribution in [3.63, 3.8) is 0 Å². The van der Waals surface area contributed by atoms with E-state index in [9.17, 15) is 0 Å². The molecule has 0 aromatic carbocycles. The van der Waals surface area contributed by atoms with E-state index < -0.39 is 0 Å². The number of hydrogen-bond acceptors (Lipinski definition) is 2. The highest BCUT2D eigenvalue weighted by Crippen LogP contribution is 2.03. The molecular formula is C12H25ClO2. The fourth-order valence-electron chi connectivity index (χ4n) is 1.17. The first-order valence-electron chi connectivity index (χ1n) is 5.96. The van der Waals surface area contributed by atoms with Gasteiger partial charge in [0.25, 0.3) is 0 Å². The summed E-state index contributed by atoms with van der Waals surface area (Å²) < 4.78 is 11.2. The van der Waals surface area contributed by atoms with Crippen LogP contribution in [-0.4, -0.2) is 31.8 Å². The van der Waals surface area contributed by atoms with Crippen LogP contribution in [-0.2, 0) is 9.47 Å². The fourth-order valence-corrected chi connectivity index (χ4v) is 1.35. The minimum absolute atomic E-state index is 0.249. The summed E-state index contributed by atoms with van der Waals surface area (Å²) in [4.78, 5) is 0. The SMILES string of the molecule is CCC(COCC(C)C)OCCCCCl. The van der Waals surface area contributed by atoms with Gasteiger partial charge in [0.2, 0.25) is 0 Å². The Balaban J connectivity index is 3.38. The molecule has 0 fully saturated rings. The molecule has 0 radical (unpaired) electrons. The molecule has 0 saturated carbocycles. The molecule has 0 aliphatic rings. The third-order valence-electron chi connectivity index (χ3n) is 2.09. The number of hydrogen-bond donors (Lipinski definition) is 0. The van der Waals surface area contributed by atoms with Crippen LogP contribution in [0.2, 0.25) is 0 Å². The van der Waals surface area contributed by atoms with Gasteiger partial charge in [-0.25, -0.2) is 0 Å². The highest BCUT2D eigenvalue weighted by Gasteiger charge is 2.06. The summed E-state index contributed by atoms with van der Waals surface area (Å²) in [6.07, 6.45) is 3.34. The second kappa shape index (κ2) is 10.7. The second-order valence-corrected chi connectivity index (χ2v) is 4.61. The van der Waals surface area contributed by atoms with E-state index >= 15 is 0 Å². The van der Waals surface area contributed by atoms with Crippen LogP contribution in [0.3, 0.4) is 0 Å². The smallest absolute Gasteiger partial charge is 0.0805 e. The molecule has 0 aliphatic heterocycles. The Hall–Kier alpha value is 0.210. The lowest BCUT2D eigenvalue weighted by Crippen LogP contribution is -2.21. The monoisotopic (exact) mass is 236 g/mol. The highest BCUT2D eigenvalue weighted by atomic mass is 35.5. The van der Waals surface area contributed by atoms with E-state index in [-0.39, 0.29) is 6.10 Å². The standard InChI is InChI=1S/C12H25ClO2/c1-4-12(10-14-9-11(2)3)15-8-6-5-7-13/h11-12H,4-10H2,1-3H3. The molecule has 0 saturated heterocycles. The predicted molar refractivity (Wildman–Crippen MR) is 65.6 cm³/mol. The van der Waals surface area contributed by atoms with Gasteiger partial charge in [0.1, 0.15) is 0 Å². The van der Waals surface area contributed by atoms with Gasteiger partial charge >= 0.3 is 0 Å². The largest absolute Gasteiger partial charge is 0.378 e. The Morgan fingerprint density at radius 2 is 1.87 bits per heavy atom. The lowest BCUT2D eigenvalue weighted by atomic mass is 10.2. The quantitative estimate of drug-likeness (QED) is 0.427. The van der Waals surface area contributed by atoms with E-state index in [1.807, 2.05) is 0 Å². The minimum atomic E-state index is 0.249. The molecule has 0 aliphatic carbocycles. The van der Waals surface area contributed by atoms with Crippen molar-refractivity contribution in [2.45, 2.75) is 46.1 Å². The van der Waals surface area contributed by atoms with Crippen molar-refractivity contribution >= 4 is 11.6 Å². The molecule has 0 bridgehead atoms. The maximum Gasteiger partial charge on any atom is 0.0805 e. The molecule has 0 heterocycles. The van der Waals surface area contributed by atoms with E-state index in [0.29, 0.717) is 5.92 Å². The summed E-state index contributed by atoms with van der Waals surface area (Å²) in [5.41, 5.74) is 0. The molecule has 0 rings (SSSR count). The summed E-state index contributed by atoms with van der Waals surface area (Å²) in [6, 6.07) is 0. The molecule has 2 nitrogen and oxygen atoms in total. The Kier molecular flexibility index (Phi) is 10.9. The highest BCUT2D eigenvalue weighted by molar-refractivity contribution is 6.17. The van der Waals surface area contributed by atoms with Crippen molar-refractivity contribution in [3.05, 3.63) is 0 Å². The molecule has 0 N–H and O–H groups in total. The molecule has 15 heavy (non-hydrogen) atoms. The Bertz CT molecular complexity index is 129. The topological polar surface area (TPSA) is 18.5 Å². The number of ether oxygens (including phenoxy) is 2. The maximum atomic E-state index is 5.69. The number of alkyl halides is 1. The van der Waals surface area contributed by atoms with Crippen molar-refractivity contribution in [2.75, 3.05) is 25.7 Å². The zero-order valence-corrected chi connectivity index (χ0v) is 11.1. The normalized spacial score (nSPS) is 13.4. The summed E-state index contributed by atoms with van der Waals surface area (Å²) in [5.74, 6) is 1.32. The second-order valence-electron chi connectivity index (χ2n) is 4.23. The summed E-state index contributed by atoms with van der Waals surface area (Å²) in [5, 5.41) is 0. The fraction of sp³-hybridized carbons (Fsp3) is 1.00. The third-order valence-corrected chi connectivity index (χ3v) is 2.36. The summed E-state index contributed by atoms with van der Waals surface area (Å²) in [7, 11) is 0. The lowest BCUT2D eigenvalue weighted by molar-refractivity contribution is -0.0245. The van der Waals surface area contributed by atoms with E-state index in [0.717, 1.165) is 45.0 Å². The average Bonchev–Trinajstić information content (AvgIpc) is 2.21. The molecule has 0 aromatic rings. The molecule has 92 valence electrons. The third kappa shape index (κ3) is 10.5. The zero-order chi connectivity index (χ0) is 11.5. The minimum Gasteiger partial charge on any atom is -0.378 e. The van der Waals surface area contributed by atoms with Gasteiger partial charge in [-0.3, -0.25) is 0 Å². The molecule has 1 atom stereocenters. The molecule has 0 aromatic heterocycles. The van der Waals surface area contributed by atoms with E-state index in [1.165, 1.54) is 0 Å². The van der Waals surface area contributed by atoms with Crippen LogP contribution in [0.15, 0.2) is 0 Å². The van der Waals surface area contributed by atoms with Crippen LogP contribution in [0.1, 0.15) is 40.0 Å². The van der Waals surface area contributed by atoms with Crippen molar-refractivity contribution < 1.29 is 9.47 Å². The number of unbranched alkanes of at least 4 members (excludes halogenated alkanes) is 1. The van der Waals surface area contributed by atoms with Gasteiger partial charge in [0.15, 0.2) is 0 Å². The predicted octanol–water partition coefficient (Wildman–Crippen LogP) is 3.47. The van der Waals surface area contributed by atoms with Crippen LogP contribution in [0, 0.1) is 5.92 Å². The summed E-state index contributed by atoms with van der Waals surface area (Å²) in [6.45, 7) is 8.78. The van der Waals surface area contributed by atoms with Crippen LogP contribution in [0.25, 0.3) is 0 Å². The van der Waals surface area contributed by atoms with Gasteiger partial charge in [-0.1, -0.05) is 20.8 Å². The van der Waals surface area contributed by atoms with E-state index in [1.54, 1.807) is 0 Å². The Morgan fingerprint density at radius 1 is 1.13 bits per heavy atom.